The van der Waals surface area contributed by atoms with E-state index in [2.05, 4.69) is 26.2 Å². The fourth-order valence-electron chi connectivity index (χ4n) is 2.93. The van der Waals surface area contributed by atoms with Crippen LogP contribution in [0, 0.1) is 19.8 Å². The highest BCUT2D eigenvalue weighted by Crippen LogP contribution is 2.27. The Bertz CT molecular complexity index is 895. The van der Waals surface area contributed by atoms with E-state index >= 15 is 0 Å². The summed E-state index contributed by atoms with van der Waals surface area (Å²) in [5, 5.41) is 3.67. The zero-order valence-corrected chi connectivity index (χ0v) is 16.8. The van der Waals surface area contributed by atoms with Gasteiger partial charge < -0.3 is 5.32 Å². The van der Waals surface area contributed by atoms with Crippen molar-refractivity contribution in [3.05, 3.63) is 49.8 Å². The number of hydrogen-bond donors (Lipinski definition) is 1. The largest absolute Gasteiger partial charge is 0.326 e. The lowest BCUT2D eigenvalue weighted by Gasteiger charge is -2.25. The van der Waals surface area contributed by atoms with Crippen molar-refractivity contribution >= 4 is 39.3 Å². The van der Waals surface area contributed by atoms with Gasteiger partial charge in [-0.1, -0.05) is 34.6 Å². The van der Waals surface area contributed by atoms with E-state index in [0.29, 0.717) is 23.9 Å². The predicted molar refractivity (Wildman–Crippen MR) is 104 cm³/mol. The first-order valence-electron chi connectivity index (χ1n) is 8.20. The molecule has 1 aliphatic heterocycles. The molecule has 0 radical (unpaired) electrons. The number of fused-ring (bicyclic) bond motifs is 1. The molecule has 0 spiro atoms. The maximum atomic E-state index is 12.6. The number of nitrogens with one attached hydrogen (secondary N) is 1. The van der Waals surface area contributed by atoms with Gasteiger partial charge in [0.2, 0.25) is 5.91 Å². The molecule has 7 heteroatoms. The highest BCUT2D eigenvalue weighted by molar-refractivity contribution is 9.10. The number of anilines is 1. The average molecular weight is 422 g/mol. The number of hydrogen-bond acceptors (Lipinski definition) is 4. The molecular formula is C18H20BrN3O2S. The molecule has 5 nitrogen and oxygen atoms in total. The molecule has 0 fully saturated rings. The summed E-state index contributed by atoms with van der Waals surface area (Å²) in [7, 11) is 0. The second-order valence-corrected chi connectivity index (χ2v) is 8.03. The smallest absolute Gasteiger partial charge is 0.257 e. The third-order valence-corrected chi connectivity index (χ3v) is 6.43. The van der Waals surface area contributed by atoms with Gasteiger partial charge in [0, 0.05) is 33.7 Å². The quantitative estimate of drug-likeness (QED) is 0.769. The molecule has 2 aromatic rings. The van der Waals surface area contributed by atoms with Crippen LogP contribution >= 0.6 is 27.7 Å². The van der Waals surface area contributed by atoms with Crippen molar-refractivity contribution < 1.29 is 4.79 Å². The number of amides is 1. The number of halogens is 1. The Hall–Kier alpha value is -1.60. The van der Waals surface area contributed by atoms with E-state index < -0.39 is 0 Å². The van der Waals surface area contributed by atoms with E-state index in [9.17, 15) is 9.59 Å². The van der Waals surface area contributed by atoms with Crippen molar-refractivity contribution in [3.8, 4) is 0 Å². The molecular weight excluding hydrogens is 402 g/mol. The van der Waals surface area contributed by atoms with Crippen molar-refractivity contribution in [2.75, 3.05) is 11.1 Å². The fourth-order valence-corrected chi connectivity index (χ4v) is 4.30. The third-order valence-electron chi connectivity index (χ3n) is 4.40. The van der Waals surface area contributed by atoms with Gasteiger partial charge in [0.15, 0.2) is 5.16 Å². The number of aromatic nitrogens is 2. The Labute approximate surface area is 159 Å². The van der Waals surface area contributed by atoms with Gasteiger partial charge in [-0.25, -0.2) is 4.98 Å². The van der Waals surface area contributed by atoms with E-state index in [0.717, 1.165) is 27.0 Å². The summed E-state index contributed by atoms with van der Waals surface area (Å²) in [5.41, 5.74) is 3.33. The van der Waals surface area contributed by atoms with Crippen LogP contribution in [0.2, 0.25) is 0 Å². The van der Waals surface area contributed by atoms with Crippen LogP contribution in [0.15, 0.2) is 32.6 Å². The highest BCUT2D eigenvalue weighted by Gasteiger charge is 2.28. The Morgan fingerprint density at radius 1 is 1.44 bits per heavy atom. The summed E-state index contributed by atoms with van der Waals surface area (Å²) in [6, 6.07) is 5.71. The molecule has 25 heavy (non-hydrogen) atoms. The Kier molecular flexibility index (Phi) is 5.34. The zero-order valence-electron chi connectivity index (χ0n) is 14.4. The van der Waals surface area contributed by atoms with Crippen LogP contribution in [-0.4, -0.2) is 21.2 Å². The molecule has 1 aromatic heterocycles. The number of aryl methyl sites for hydroxylation is 2. The molecule has 1 N–H and O–H groups in total. The average Bonchev–Trinajstić information content (AvgIpc) is 2.58. The van der Waals surface area contributed by atoms with Gasteiger partial charge in [0.1, 0.15) is 0 Å². The molecule has 3 rings (SSSR count). The first-order chi connectivity index (χ1) is 11.9. The van der Waals surface area contributed by atoms with Crippen molar-refractivity contribution in [2.24, 2.45) is 5.92 Å². The summed E-state index contributed by atoms with van der Waals surface area (Å²) in [6.07, 6.45) is 0.650. The Morgan fingerprint density at radius 2 is 2.20 bits per heavy atom. The van der Waals surface area contributed by atoms with Gasteiger partial charge >= 0.3 is 0 Å². The first-order valence-corrected chi connectivity index (χ1v) is 9.98. The number of thioether (sulfide) groups is 1. The molecule has 0 saturated carbocycles. The second kappa shape index (κ2) is 7.33. The first kappa shape index (κ1) is 18.2. The molecule has 0 bridgehead atoms. The molecule has 1 aromatic carbocycles. The second-order valence-electron chi connectivity index (χ2n) is 6.19. The molecule has 132 valence electrons. The number of rotatable bonds is 3. The van der Waals surface area contributed by atoms with Crippen LogP contribution in [0.4, 0.5) is 5.69 Å². The monoisotopic (exact) mass is 421 g/mol. The minimum Gasteiger partial charge on any atom is -0.326 e. The summed E-state index contributed by atoms with van der Waals surface area (Å²) in [4.78, 5) is 29.8. The molecule has 2 heterocycles. The molecule has 1 atom stereocenters. The van der Waals surface area contributed by atoms with Crippen LogP contribution in [0.5, 0.6) is 0 Å². The van der Waals surface area contributed by atoms with Crippen molar-refractivity contribution in [1.82, 2.24) is 9.55 Å². The number of nitrogens with zero attached hydrogens (tertiary/aromatic N) is 2. The molecule has 1 unspecified atom stereocenters. The van der Waals surface area contributed by atoms with Crippen molar-refractivity contribution in [3.63, 3.8) is 0 Å². The molecule has 0 saturated heterocycles. The lowest BCUT2D eigenvalue weighted by Crippen LogP contribution is -2.38. The lowest BCUT2D eigenvalue weighted by atomic mass is 10.1. The van der Waals surface area contributed by atoms with Gasteiger partial charge in [0.05, 0.1) is 5.92 Å². The van der Waals surface area contributed by atoms with Crippen molar-refractivity contribution in [1.29, 1.82) is 0 Å². The molecule has 1 aliphatic rings. The topological polar surface area (TPSA) is 64.0 Å². The number of carbonyl (C=O) groups excluding carboxylic acids is 1. The van der Waals surface area contributed by atoms with Gasteiger partial charge in [-0.15, -0.1) is 0 Å². The number of carbonyl (C=O) groups is 1. The summed E-state index contributed by atoms with van der Waals surface area (Å²) < 4.78 is 2.66. The number of benzene rings is 1. The van der Waals surface area contributed by atoms with Crippen LogP contribution in [0.3, 0.4) is 0 Å². The zero-order chi connectivity index (χ0) is 18.1. The van der Waals surface area contributed by atoms with E-state index in [1.165, 1.54) is 11.8 Å². The molecule has 1 amide bonds. The van der Waals surface area contributed by atoms with Crippen LogP contribution in [0.1, 0.15) is 23.7 Å². The maximum Gasteiger partial charge on any atom is 0.257 e. The van der Waals surface area contributed by atoms with Gasteiger partial charge in [-0.3, -0.25) is 14.2 Å². The highest BCUT2D eigenvalue weighted by atomic mass is 79.9. The van der Waals surface area contributed by atoms with Crippen LogP contribution in [-0.2, 0) is 17.8 Å². The van der Waals surface area contributed by atoms with Gasteiger partial charge in [0.25, 0.3) is 5.56 Å². The van der Waals surface area contributed by atoms with E-state index in [1.54, 1.807) is 4.57 Å². The fraction of sp³-hybridized carbons (Fsp3) is 0.389. The normalized spacial score (nSPS) is 16.4. The van der Waals surface area contributed by atoms with Crippen LogP contribution < -0.4 is 10.9 Å². The van der Waals surface area contributed by atoms with Gasteiger partial charge in [-0.05, 0) is 44.0 Å². The van der Waals surface area contributed by atoms with E-state index in [-0.39, 0.29) is 17.4 Å². The Balaban J connectivity index is 1.81. The summed E-state index contributed by atoms with van der Waals surface area (Å²) in [6.45, 7) is 6.18. The third kappa shape index (κ3) is 3.67. The van der Waals surface area contributed by atoms with Crippen molar-refractivity contribution in [2.45, 2.75) is 38.9 Å². The SMILES string of the molecule is CCc1c(C)nc2n(c1=O)CC(C(=O)Nc1ccc(Br)c(C)c1)CS2. The minimum atomic E-state index is -0.256. The predicted octanol–water partition coefficient (Wildman–Crippen LogP) is 3.55. The molecule has 0 aliphatic carbocycles. The van der Waals surface area contributed by atoms with E-state index in [1.807, 2.05) is 39.0 Å². The summed E-state index contributed by atoms with van der Waals surface area (Å²) in [5.74, 6) is 0.303. The Morgan fingerprint density at radius 3 is 2.88 bits per heavy atom. The van der Waals surface area contributed by atoms with Gasteiger partial charge in [-0.2, -0.15) is 0 Å². The van der Waals surface area contributed by atoms with Crippen LogP contribution in [0.25, 0.3) is 0 Å². The summed E-state index contributed by atoms with van der Waals surface area (Å²) >= 11 is 4.93. The van der Waals surface area contributed by atoms with E-state index in [4.69, 9.17) is 0 Å². The minimum absolute atomic E-state index is 0.0190. The standard InChI is InChI=1S/C18H20BrN3O2S/c1-4-14-11(3)20-18-22(17(14)24)8-12(9-25-18)16(23)21-13-5-6-15(19)10(2)7-13/h5-7,12H,4,8-9H2,1-3H3,(H,21,23). The maximum absolute atomic E-state index is 12.6. The lowest BCUT2D eigenvalue weighted by molar-refractivity contribution is -0.119.